The summed E-state index contributed by atoms with van der Waals surface area (Å²) in [6, 6.07) is 16.8. The van der Waals surface area contributed by atoms with Crippen molar-refractivity contribution in [2.45, 2.75) is 86.5 Å². The van der Waals surface area contributed by atoms with Crippen LogP contribution in [0.1, 0.15) is 92.2 Å². The standard InChI is InChI=1S/C33H52O4/c1-31(2,3)19-9-21-34-23-25-36-29-15-11-27(12-16-29)33(7,8)28-13-17-30(18-14-28)37-26-24-35-22-10-20-32(4,5)6/h11-18H,9-10,19-26H2,1-8H3. The average Bonchev–Trinajstić information content (AvgIpc) is 2.82. The molecule has 0 aliphatic carbocycles. The molecule has 0 N–H and O–H groups in total. The number of benzene rings is 2. The first kappa shape index (κ1) is 31.2. The first-order chi connectivity index (χ1) is 17.4. The molecule has 0 bridgehead atoms. The van der Waals surface area contributed by atoms with Gasteiger partial charge in [-0.3, -0.25) is 0 Å². The SMILES string of the molecule is CC(C)(C)CCCOCCOc1ccc(C(C)(C)c2ccc(OCCOCCCC(C)(C)C)cc2)cc1. The summed E-state index contributed by atoms with van der Waals surface area (Å²) in [4.78, 5) is 0. The molecule has 0 fully saturated rings. The van der Waals surface area contributed by atoms with E-state index in [1.165, 1.54) is 24.0 Å². The Bertz CT molecular complexity index is 797. The highest BCUT2D eigenvalue weighted by Crippen LogP contribution is 2.33. The first-order valence-electron chi connectivity index (χ1n) is 14.0. The Kier molecular flexibility index (Phi) is 12.5. The minimum atomic E-state index is -0.122. The van der Waals surface area contributed by atoms with Gasteiger partial charge >= 0.3 is 0 Å². The van der Waals surface area contributed by atoms with Crippen LogP contribution in [-0.2, 0) is 14.9 Å². The number of ether oxygens (including phenoxy) is 4. The second kappa shape index (κ2) is 14.8. The van der Waals surface area contributed by atoms with Gasteiger partial charge in [-0.15, -0.1) is 0 Å². The van der Waals surface area contributed by atoms with Crippen LogP contribution < -0.4 is 9.47 Å². The zero-order valence-electron chi connectivity index (χ0n) is 24.8. The second-order valence-corrected chi connectivity index (χ2v) is 12.9. The van der Waals surface area contributed by atoms with Gasteiger partial charge in [-0.1, -0.05) is 79.7 Å². The molecule has 0 aliphatic heterocycles. The van der Waals surface area contributed by atoms with Crippen molar-refractivity contribution >= 4 is 0 Å². The fourth-order valence-corrected chi connectivity index (χ4v) is 4.15. The third-order valence-corrected chi connectivity index (χ3v) is 6.58. The predicted molar refractivity (Wildman–Crippen MR) is 155 cm³/mol. The predicted octanol–water partition coefficient (Wildman–Crippen LogP) is 8.46. The second-order valence-electron chi connectivity index (χ2n) is 12.9. The summed E-state index contributed by atoms with van der Waals surface area (Å²) >= 11 is 0. The molecule has 0 aliphatic rings. The van der Waals surface area contributed by atoms with Crippen molar-refractivity contribution in [3.8, 4) is 11.5 Å². The molecule has 2 aromatic carbocycles. The fourth-order valence-electron chi connectivity index (χ4n) is 4.15. The fraction of sp³-hybridized carbons (Fsp3) is 0.636. The maximum Gasteiger partial charge on any atom is 0.119 e. The van der Waals surface area contributed by atoms with Gasteiger partial charge in [-0.05, 0) is 71.9 Å². The van der Waals surface area contributed by atoms with Crippen LogP contribution in [0.4, 0.5) is 0 Å². The van der Waals surface area contributed by atoms with Gasteiger partial charge in [0.1, 0.15) is 24.7 Å². The van der Waals surface area contributed by atoms with E-state index < -0.39 is 0 Å². The van der Waals surface area contributed by atoms with Crippen molar-refractivity contribution in [3.05, 3.63) is 59.7 Å². The van der Waals surface area contributed by atoms with E-state index >= 15 is 0 Å². The van der Waals surface area contributed by atoms with E-state index in [0.29, 0.717) is 37.3 Å². The van der Waals surface area contributed by atoms with Crippen molar-refractivity contribution in [1.29, 1.82) is 0 Å². The lowest BCUT2D eigenvalue weighted by molar-refractivity contribution is 0.0923. The highest BCUT2D eigenvalue weighted by atomic mass is 16.5. The maximum absolute atomic E-state index is 5.87. The lowest BCUT2D eigenvalue weighted by Gasteiger charge is -2.26. The van der Waals surface area contributed by atoms with Crippen molar-refractivity contribution < 1.29 is 18.9 Å². The van der Waals surface area contributed by atoms with Gasteiger partial charge < -0.3 is 18.9 Å². The molecule has 0 saturated heterocycles. The van der Waals surface area contributed by atoms with E-state index in [0.717, 1.165) is 37.6 Å². The summed E-state index contributed by atoms with van der Waals surface area (Å²) in [5, 5.41) is 0. The Hall–Kier alpha value is -2.04. The van der Waals surface area contributed by atoms with Crippen LogP contribution in [0.15, 0.2) is 48.5 Å². The normalized spacial score (nSPS) is 12.5. The van der Waals surface area contributed by atoms with Crippen molar-refractivity contribution in [3.63, 3.8) is 0 Å². The molecule has 37 heavy (non-hydrogen) atoms. The third-order valence-electron chi connectivity index (χ3n) is 6.58. The molecule has 4 nitrogen and oxygen atoms in total. The molecule has 0 amide bonds. The molecule has 0 saturated carbocycles. The van der Waals surface area contributed by atoms with Crippen LogP contribution in [-0.4, -0.2) is 39.6 Å². The van der Waals surface area contributed by atoms with E-state index in [-0.39, 0.29) is 5.41 Å². The smallest absolute Gasteiger partial charge is 0.119 e. The number of hydrogen-bond acceptors (Lipinski definition) is 4. The molecular weight excluding hydrogens is 460 g/mol. The summed E-state index contributed by atoms with van der Waals surface area (Å²) in [5.74, 6) is 1.75. The van der Waals surface area contributed by atoms with Gasteiger partial charge in [-0.2, -0.15) is 0 Å². The van der Waals surface area contributed by atoms with Gasteiger partial charge in [-0.25, -0.2) is 0 Å². The van der Waals surface area contributed by atoms with Crippen LogP contribution in [0.3, 0.4) is 0 Å². The summed E-state index contributed by atoms with van der Waals surface area (Å²) in [6.07, 6.45) is 4.53. The number of hydrogen-bond donors (Lipinski definition) is 0. The molecule has 208 valence electrons. The van der Waals surface area contributed by atoms with Gasteiger partial charge in [0.2, 0.25) is 0 Å². The molecule has 0 atom stereocenters. The Labute approximate surface area is 227 Å². The van der Waals surface area contributed by atoms with E-state index in [1.807, 2.05) is 0 Å². The molecule has 4 heteroatoms. The summed E-state index contributed by atoms with van der Waals surface area (Å²) in [5.41, 5.74) is 3.10. The Morgan fingerprint density at radius 3 is 1.14 bits per heavy atom. The van der Waals surface area contributed by atoms with E-state index in [2.05, 4.69) is 104 Å². The largest absolute Gasteiger partial charge is 0.491 e. The van der Waals surface area contributed by atoms with E-state index in [4.69, 9.17) is 18.9 Å². The lowest BCUT2D eigenvalue weighted by atomic mass is 9.78. The minimum absolute atomic E-state index is 0.122. The Morgan fingerprint density at radius 1 is 0.459 bits per heavy atom. The van der Waals surface area contributed by atoms with Crippen molar-refractivity contribution in [1.82, 2.24) is 0 Å². The molecule has 0 heterocycles. The zero-order chi connectivity index (χ0) is 27.4. The molecule has 2 rings (SSSR count). The highest BCUT2D eigenvalue weighted by Gasteiger charge is 2.23. The van der Waals surface area contributed by atoms with E-state index in [1.54, 1.807) is 0 Å². The minimum Gasteiger partial charge on any atom is -0.491 e. The number of rotatable bonds is 16. The molecule has 0 spiro atoms. The molecule has 0 unspecified atom stereocenters. The first-order valence-corrected chi connectivity index (χ1v) is 14.0. The van der Waals surface area contributed by atoms with Gasteiger partial charge in [0.15, 0.2) is 0 Å². The summed E-state index contributed by atoms with van der Waals surface area (Å²) < 4.78 is 23.2. The molecule has 2 aromatic rings. The van der Waals surface area contributed by atoms with Gasteiger partial charge in [0.25, 0.3) is 0 Å². The zero-order valence-corrected chi connectivity index (χ0v) is 24.8. The van der Waals surface area contributed by atoms with Crippen LogP contribution >= 0.6 is 0 Å². The Balaban J connectivity index is 1.72. The molecular formula is C33H52O4. The third kappa shape index (κ3) is 12.8. The van der Waals surface area contributed by atoms with Crippen molar-refractivity contribution in [2.24, 2.45) is 10.8 Å². The monoisotopic (exact) mass is 512 g/mol. The van der Waals surface area contributed by atoms with Gasteiger partial charge in [0, 0.05) is 18.6 Å². The quantitative estimate of drug-likeness (QED) is 0.211. The topological polar surface area (TPSA) is 36.9 Å². The average molecular weight is 513 g/mol. The molecule has 0 aromatic heterocycles. The van der Waals surface area contributed by atoms with Crippen LogP contribution in [0.25, 0.3) is 0 Å². The van der Waals surface area contributed by atoms with Crippen LogP contribution in [0, 0.1) is 10.8 Å². The summed E-state index contributed by atoms with van der Waals surface area (Å²) in [6.45, 7) is 22.0. The lowest BCUT2D eigenvalue weighted by Crippen LogP contribution is -2.18. The highest BCUT2D eigenvalue weighted by molar-refractivity contribution is 5.41. The van der Waals surface area contributed by atoms with E-state index in [9.17, 15) is 0 Å². The van der Waals surface area contributed by atoms with Gasteiger partial charge in [0.05, 0.1) is 13.2 Å². The Morgan fingerprint density at radius 2 is 0.811 bits per heavy atom. The van der Waals surface area contributed by atoms with Crippen LogP contribution in [0.2, 0.25) is 0 Å². The summed E-state index contributed by atoms with van der Waals surface area (Å²) in [7, 11) is 0. The van der Waals surface area contributed by atoms with Crippen molar-refractivity contribution in [2.75, 3.05) is 39.6 Å². The maximum atomic E-state index is 5.87. The van der Waals surface area contributed by atoms with Crippen LogP contribution in [0.5, 0.6) is 11.5 Å². The molecule has 0 radical (unpaired) electrons.